The topological polar surface area (TPSA) is 38.9 Å². The second-order valence-electron chi connectivity index (χ2n) is 9.44. The molecule has 0 atom stereocenters. The van der Waals surface area contributed by atoms with Crippen LogP contribution in [0.4, 0.5) is 0 Å². The third-order valence-electron chi connectivity index (χ3n) is 5.89. The Balaban J connectivity index is 1.66. The first kappa shape index (κ1) is 15.2. The van der Waals surface area contributed by atoms with Gasteiger partial charge < -0.3 is 4.42 Å². The first-order valence-corrected chi connectivity index (χ1v) is 11.0. The number of aryl methyl sites for hydroxylation is 1. The molecule has 6 aromatic rings. The van der Waals surface area contributed by atoms with Crippen molar-refractivity contribution in [2.24, 2.45) is 5.41 Å². The van der Waals surface area contributed by atoms with Crippen LogP contribution in [0.5, 0.6) is 0 Å². The van der Waals surface area contributed by atoms with Crippen LogP contribution in [0.2, 0.25) is 0 Å². The summed E-state index contributed by atoms with van der Waals surface area (Å²) in [7, 11) is 0. The number of nitrogens with zero attached hydrogens (tertiary/aromatic N) is 2. The van der Waals surface area contributed by atoms with Gasteiger partial charge in [0.25, 0.3) is 0 Å². The van der Waals surface area contributed by atoms with Crippen LogP contribution in [-0.2, 0) is 6.37 Å². The summed E-state index contributed by atoms with van der Waals surface area (Å²) >= 11 is 0. The maximum Gasteiger partial charge on any atom is 0.163 e. The molecule has 0 saturated carbocycles. The number of benzene rings is 4. The Morgan fingerprint density at radius 3 is 2.45 bits per heavy atom. The van der Waals surface area contributed by atoms with Crippen molar-refractivity contribution < 1.29 is 11.3 Å². The van der Waals surface area contributed by atoms with E-state index in [1.807, 2.05) is 36.4 Å². The summed E-state index contributed by atoms with van der Waals surface area (Å²) in [5, 5.41) is 6.13. The van der Waals surface area contributed by atoms with Crippen molar-refractivity contribution in [3.8, 4) is 11.4 Å². The van der Waals surface area contributed by atoms with Gasteiger partial charge in [-0.2, -0.15) is 0 Å². The number of hydrogen-bond donors (Lipinski definition) is 0. The van der Waals surface area contributed by atoms with Gasteiger partial charge in [-0.15, -0.1) is 0 Å². The van der Waals surface area contributed by atoms with Gasteiger partial charge in [-0.25, -0.2) is 9.97 Å². The lowest BCUT2D eigenvalue weighted by Crippen LogP contribution is -2.12. The van der Waals surface area contributed by atoms with E-state index in [-0.39, 0.29) is 17.1 Å². The van der Waals surface area contributed by atoms with Crippen molar-refractivity contribution in [1.82, 2.24) is 9.97 Å². The van der Waals surface area contributed by atoms with Crippen LogP contribution < -0.4 is 0 Å². The number of hydrogen-bond acceptors (Lipinski definition) is 3. The van der Waals surface area contributed by atoms with Crippen LogP contribution in [0.1, 0.15) is 38.9 Å². The molecule has 0 fully saturated rings. The normalized spacial score (nSPS) is 15.4. The van der Waals surface area contributed by atoms with Crippen LogP contribution in [0.25, 0.3) is 54.9 Å². The third kappa shape index (κ3) is 3.27. The molecule has 0 N–H and O–H groups in total. The minimum absolute atomic E-state index is 0.125. The van der Waals surface area contributed by atoms with Gasteiger partial charge in [0.2, 0.25) is 0 Å². The average Bonchev–Trinajstić information content (AvgIpc) is 3.26. The fourth-order valence-electron chi connectivity index (χ4n) is 4.48. The second kappa shape index (κ2) is 7.14. The zero-order chi connectivity index (χ0) is 27.0. The first-order chi connectivity index (χ1) is 17.9. The number of rotatable bonds is 2. The van der Waals surface area contributed by atoms with Gasteiger partial charge in [-0.1, -0.05) is 75.4 Å². The van der Waals surface area contributed by atoms with Gasteiger partial charge in [0.15, 0.2) is 5.82 Å². The predicted molar refractivity (Wildman–Crippen MR) is 138 cm³/mol. The number of aromatic nitrogens is 2. The van der Waals surface area contributed by atoms with Gasteiger partial charge in [0.1, 0.15) is 11.2 Å². The smallest absolute Gasteiger partial charge is 0.163 e. The lowest BCUT2D eigenvalue weighted by atomic mass is 9.89. The van der Waals surface area contributed by atoms with Gasteiger partial charge in [0.05, 0.1) is 5.56 Å². The Morgan fingerprint density at radius 1 is 0.848 bits per heavy atom. The van der Waals surface area contributed by atoms with Crippen molar-refractivity contribution in [3.05, 3.63) is 84.2 Å². The standard InChI is InChI=1S/C30H26N2O/c1-18-17-31-29(32-25(18)16-30(2,3)4)24-11-7-10-22-23-15-14-20-13-12-19-8-5-6-9-21(19)26(20)28(23)33-27(22)24/h5-15,17H,16H2,1-4H3/i1D3,16D2. The molecular formula is C30H26N2O. The highest BCUT2D eigenvalue weighted by Gasteiger charge is 2.19. The van der Waals surface area contributed by atoms with Crippen LogP contribution in [0, 0.1) is 12.3 Å². The maximum atomic E-state index is 8.82. The van der Waals surface area contributed by atoms with E-state index in [9.17, 15) is 0 Å². The Hall–Kier alpha value is -3.72. The highest BCUT2D eigenvalue weighted by molar-refractivity contribution is 6.23. The van der Waals surface area contributed by atoms with Crippen molar-refractivity contribution in [1.29, 1.82) is 0 Å². The minimum Gasteiger partial charge on any atom is -0.455 e. The Bertz CT molecular complexity index is 1880. The Morgan fingerprint density at radius 2 is 1.61 bits per heavy atom. The molecule has 0 radical (unpaired) electrons. The molecule has 162 valence electrons. The lowest BCUT2D eigenvalue weighted by molar-refractivity contribution is 0.405. The molecule has 0 aliphatic heterocycles. The van der Waals surface area contributed by atoms with E-state index < -0.39 is 18.6 Å². The molecule has 0 bridgehead atoms. The number of para-hydroxylation sites is 1. The van der Waals surface area contributed by atoms with E-state index in [2.05, 4.69) is 40.3 Å². The zero-order valence-corrected chi connectivity index (χ0v) is 18.7. The molecular weight excluding hydrogens is 404 g/mol. The van der Waals surface area contributed by atoms with Crippen LogP contribution in [0.15, 0.2) is 77.3 Å². The number of fused-ring (bicyclic) bond motifs is 7. The van der Waals surface area contributed by atoms with E-state index in [4.69, 9.17) is 11.3 Å². The van der Waals surface area contributed by atoms with Crippen molar-refractivity contribution in [3.63, 3.8) is 0 Å². The average molecular weight is 436 g/mol. The molecule has 2 heterocycles. The summed E-state index contributed by atoms with van der Waals surface area (Å²) in [6, 6.07) is 22.2. The molecule has 3 heteroatoms. The lowest BCUT2D eigenvalue weighted by Gasteiger charge is -2.19. The zero-order valence-electron chi connectivity index (χ0n) is 23.7. The van der Waals surface area contributed by atoms with Gasteiger partial charge in [-0.05, 0) is 52.5 Å². The first-order valence-electron chi connectivity index (χ1n) is 13.5. The SMILES string of the molecule is [2H]C([2H])([2H])c1cnc(-c2cccc3c2oc2c3ccc3ccc4ccccc4c32)nc1C([2H])([2H])C(C)(C)C. The molecule has 4 aromatic carbocycles. The Labute approximate surface area is 200 Å². The largest absolute Gasteiger partial charge is 0.455 e. The van der Waals surface area contributed by atoms with E-state index in [1.165, 1.54) is 6.20 Å². The summed E-state index contributed by atoms with van der Waals surface area (Å²) in [6.45, 7) is 2.63. The van der Waals surface area contributed by atoms with Gasteiger partial charge >= 0.3 is 0 Å². The summed E-state index contributed by atoms with van der Waals surface area (Å²) in [4.78, 5) is 8.98. The van der Waals surface area contributed by atoms with Gasteiger partial charge in [0, 0.05) is 34.9 Å². The predicted octanol–water partition coefficient (Wildman–Crippen LogP) is 8.25. The van der Waals surface area contributed by atoms with E-state index >= 15 is 0 Å². The fraction of sp³-hybridized carbons (Fsp3) is 0.200. The fourth-order valence-corrected chi connectivity index (χ4v) is 4.48. The molecule has 0 aliphatic carbocycles. The second-order valence-corrected chi connectivity index (χ2v) is 9.44. The Kier molecular flexibility index (Phi) is 3.29. The summed E-state index contributed by atoms with van der Waals surface area (Å²) < 4.78 is 48.2. The summed E-state index contributed by atoms with van der Waals surface area (Å²) in [6.07, 6.45) is -0.788. The number of furan rings is 1. The quantitative estimate of drug-likeness (QED) is 0.257. The highest BCUT2D eigenvalue weighted by atomic mass is 16.3. The third-order valence-corrected chi connectivity index (χ3v) is 5.89. The van der Waals surface area contributed by atoms with E-state index in [0.717, 1.165) is 37.9 Å². The van der Waals surface area contributed by atoms with Crippen molar-refractivity contribution in [2.75, 3.05) is 0 Å². The van der Waals surface area contributed by atoms with Gasteiger partial charge in [-0.3, -0.25) is 0 Å². The molecule has 6 rings (SSSR count). The van der Waals surface area contributed by atoms with Crippen LogP contribution in [0.3, 0.4) is 0 Å². The molecule has 3 nitrogen and oxygen atoms in total. The minimum atomic E-state index is -2.56. The van der Waals surface area contributed by atoms with E-state index in [1.54, 1.807) is 20.8 Å². The summed E-state index contributed by atoms with van der Waals surface area (Å²) in [5.74, 6) is 0.222. The molecule has 2 aromatic heterocycles. The molecule has 0 aliphatic rings. The van der Waals surface area contributed by atoms with Crippen molar-refractivity contribution in [2.45, 2.75) is 34.0 Å². The molecule has 0 amide bonds. The van der Waals surface area contributed by atoms with Crippen LogP contribution >= 0.6 is 0 Å². The monoisotopic (exact) mass is 435 g/mol. The molecule has 33 heavy (non-hydrogen) atoms. The van der Waals surface area contributed by atoms with Crippen LogP contribution in [-0.4, -0.2) is 9.97 Å². The van der Waals surface area contributed by atoms with Crippen molar-refractivity contribution >= 4 is 43.5 Å². The van der Waals surface area contributed by atoms with E-state index in [0.29, 0.717) is 11.1 Å². The maximum absolute atomic E-state index is 8.82. The highest BCUT2D eigenvalue weighted by Crippen LogP contribution is 2.40. The summed E-state index contributed by atoms with van der Waals surface area (Å²) in [5.41, 5.74) is 0.701. The molecule has 0 spiro atoms. The molecule has 0 unspecified atom stereocenters. The molecule has 0 saturated heterocycles.